The number of ether oxygens (including phenoxy) is 1. The first kappa shape index (κ1) is 18.1. The van der Waals surface area contributed by atoms with Gasteiger partial charge in [-0.05, 0) is 22.3 Å². The molecule has 0 aromatic heterocycles. The topological polar surface area (TPSA) is 15.7 Å². The van der Waals surface area contributed by atoms with Crippen LogP contribution in [0.25, 0.3) is 11.1 Å². The lowest BCUT2D eigenvalue weighted by Crippen LogP contribution is -2.36. The minimum absolute atomic E-state index is 0.853. The fourth-order valence-electron chi connectivity index (χ4n) is 3.79. The Bertz CT molecular complexity index is 695. The molecule has 0 saturated carbocycles. The summed E-state index contributed by atoms with van der Waals surface area (Å²) in [6, 6.07) is 17.9. The molecule has 2 aliphatic heterocycles. The predicted octanol–water partition coefficient (Wildman–Crippen LogP) is 3.73. The van der Waals surface area contributed by atoms with Gasteiger partial charge in [0.1, 0.15) is 0 Å². The predicted molar refractivity (Wildman–Crippen MR) is 111 cm³/mol. The Labute approximate surface area is 161 Å². The van der Waals surface area contributed by atoms with E-state index in [0.29, 0.717) is 0 Å². The van der Waals surface area contributed by atoms with E-state index in [0.717, 1.165) is 39.4 Å². The summed E-state index contributed by atoms with van der Waals surface area (Å²) in [6.07, 6.45) is 0. The quantitative estimate of drug-likeness (QED) is 0.799. The van der Waals surface area contributed by atoms with Crippen LogP contribution in [-0.2, 0) is 17.8 Å². The number of thioether (sulfide) groups is 1. The second kappa shape index (κ2) is 9.05. The van der Waals surface area contributed by atoms with E-state index in [1.165, 1.54) is 46.8 Å². The molecule has 0 spiro atoms. The van der Waals surface area contributed by atoms with Gasteiger partial charge >= 0.3 is 0 Å². The van der Waals surface area contributed by atoms with E-state index in [9.17, 15) is 0 Å². The van der Waals surface area contributed by atoms with E-state index in [-0.39, 0.29) is 0 Å². The average Bonchev–Trinajstić information content (AvgIpc) is 2.70. The van der Waals surface area contributed by atoms with Crippen LogP contribution in [0.2, 0.25) is 0 Å². The van der Waals surface area contributed by atoms with Gasteiger partial charge in [0.15, 0.2) is 0 Å². The summed E-state index contributed by atoms with van der Waals surface area (Å²) >= 11 is 2.08. The smallest absolute Gasteiger partial charge is 0.0594 e. The summed E-state index contributed by atoms with van der Waals surface area (Å²) in [5, 5.41) is 0. The van der Waals surface area contributed by atoms with Crippen LogP contribution in [0.15, 0.2) is 48.5 Å². The first-order valence-electron chi connectivity index (χ1n) is 9.66. The van der Waals surface area contributed by atoms with Crippen LogP contribution in [0.3, 0.4) is 0 Å². The van der Waals surface area contributed by atoms with Gasteiger partial charge in [0.25, 0.3) is 0 Å². The highest BCUT2D eigenvalue weighted by Crippen LogP contribution is 2.27. The van der Waals surface area contributed by atoms with Gasteiger partial charge in [-0.25, -0.2) is 0 Å². The summed E-state index contributed by atoms with van der Waals surface area (Å²) in [6.45, 7) is 8.28. The Morgan fingerprint density at radius 3 is 2.31 bits per heavy atom. The average molecular weight is 369 g/mol. The van der Waals surface area contributed by atoms with E-state index in [1.54, 1.807) is 0 Å². The lowest BCUT2D eigenvalue weighted by molar-refractivity contribution is 0.0342. The highest BCUT2D eigenvalue weighted by molar-refractivity contribution is 7.99. The molecular formula is C22H28N2OS. The molecule has 2 saturated heterocycles. The zero-order valence-corrected chi connectivity index (χ0v) is 16.2. The van der Waals surface area contributed by atoms with Crippen molar-refractivity contribution in [3.63, 3.8) is 0 Å². The molecule has 26 heavy (non-hydrogen) atoms. The van der Waals surface area contributed by atoms with Crippen molar-refractivity contribution in [1.82, 2.24) is 9.80 Å². The number of rotatable bonds is 5. The molecule has 4 rings (SSSR count). The van der Waals surface area contributed by atoms with Crippen LogP contribution in [0.5, 0.6) is 0 Å². The Balaban J connectivity index is 1.58. The molecule has 138 valence electrons. The molecular weight excluding hydrogens is 340 g/mol. The highest BCUT2D eigenvalue weighted by Gasteiger charge is 2.16. The molecule has 0 N–H and O–H groups in total. The zero-order chi connectivity index (χ0) is 17.6. The molecule has 2 aliphatic rings. The van der Waals surface area contributed by atoms with Crippen LogP contribution in [0.4, 0.5) is 0 Å². The summed E-state index contributed by atoms with van der Waals surface area (Å²) in [5.41, 5.74) is 5.58. The maximum Gasteiger partial charge on any atom is 0.0594 e. The molecule has 0 radical (unpaired) electrons. The third-order valence-corrected chi connectivity index (χ3v) is 6.20. The summed E-state index contributed by atoms with van der Waals surface area (Å²) < 4.78 is 5.53. The maximum atomic E-state index is 5.53. The van der Waals surface area contributed by atoms with Crippen molar-refractivity contribution >= 4 is 11.8 Å². The number of hydrogen-bond donors (Lipinski definition) is 0. The molecule has 3 nitrogen and oxygen atoms in total. The normalized spacial score (nSPS) is 19.5. The van der Waals surface area contributed by atoms with Gasteiger partial charge in [-0.15, -0.1) is 0 Å². The number of hydrogen-bond acceptors (Lipinski definition) is 4. The third-order valence-electron chi connectivity index (χ3n) is 5.26. The van der Waals surface area contributed by atoms with Crippen LogP contribution in [0, 0.1) is 0 Å². The van der Waals surface area contributed by atoms with E-state index in [2.05, 4.69) is 70.1 Å². The maximum absolute atomic E-state index is 5.53. The second-order valence-corrected chi connectivity index (χ2v) is 8.36. The molecule has 0 unspecified atom stereocenters. The van der Waals surface area contributed by atoms with Gasteiger partial charge in [0.2, 0.25) is 0 Å². The van der Waals surface area contributed by atoms with Crippen molar-refractivity contribution in [2.45, 2.75) is 13.1 Å². The van der Waals surface area contributed by atoms with E-state index in [1.807, 2.05) is 0 Å². The van der Waals surface area contributed by atoms with Crippen LogP contribution in [0.1, 0.15) is 11.1 Å². The van der Waals surface area contributed by atoms with Gasteiger partial charge in [0, 0.05) is 50.8 Å². The molecule has 2 aromatic rings. The van der Waals surface area contributed by atoms with Gasteiger partial charge in [-0.1, -0.05) is 48.5 Å². The minimum Gasteiger partial charge on any atom is -0.379 e. The van der Waals surface area contributed by atoms with Crippen molar-refractivity contribution < 1.29 is 4.74 Å². The van der Waals surface area contributed by atoms with Crippen molar-refractivity contribution in [1.29, 1.82) is 0 Å². The lowest BCUT2D eigenvalue weighted by atomic mass is 9.96. The summed E-state index contributed by atoms with van der Waals surface area (Å²) in [7, 11) is 0. The fraction of sp³-hybridized carbons (Fsp3) is 0.455. The minimum atomic E-state index is 0.853. The van der Waals surface area contributed by atoms with E-state index < -0.39 is 0 Å². The molecule has 0 bridgehead atoms. The first-order valence-corrected chi connectivity index (χ1v) is 10.8. The standard InChI is InChI=1S/C22H28N2OS/c1-2-4-20(5-3-1)22-7-6-19(17-24-10-14-26-15-11-24)16-21(22)18-23-8-12-25-13-9-23/h1-7,16H,8-15,17-18H2. The Morgan fingerprint density at radius 1 is 0.808 bits per heavy atom. The molecule has 0 amide bonds. The monoisotopic (exact) mass is 368 g/mol. The highest BCUT2D eigenvalue weighted by atomic mass is 32.2. The Morgan fingerprint density at radius 2 is 1.54 bits per heavy atom. The number of nitrogens with zero attached hydrogens (tertiary/aromatic N) is 2. The van der Waals surface area contributed by atoms with Crippen LogP contribution < -0.4 is 0 Å². The fourth-order valence-corrected chi connectivity index (χ4v) is 4.77. The first-order chi connectivity index (χ1) is 12.9. The van der Waals surface area contributed by atoms with Gasteiger partial charge in [-0.3, -0.25) is 9.80 Å². The molecule has 0 aliphatic carbocycles. The van der Waals surface area contributed by atoms with Crippen molar-refractivity contribution in [2.75, 3.05) is 50.9 Å². The van der Waals surface area contributed by atoms with Gasteiger partial charge in [0.05, 0.1) is 13.2 Å². The SMILES string of the molecule is c1ccc(-c2ccc(CN3CCSCC3)cc2CN2CCOCC2)cc1. The zero-order valence-electron chi connectivity index (χ0n) is 15.4. The largest absolute Gasteiger partial charge is 0.379 e. The third kappa shape index (κ3) is 4.68. The van der Waals surface area contributed by atoms with Gasteiger partial charge in [-0.2, -0.15) is 11.8 Å². The second-order valence-electron chi connectivity index (χ2n) is 7.13. The van der Waals surface area contributed by atoms with E-state index in [4.69, 9.17) is 4.74 Å². The lowest BCUT2D eigenvalue weighted by Gasteiger charge is -2.29. The summed E-state index contributed by atoms with van der Waals surface area (Å²) in [5.74, 6) is 2.53. The van der Waals surface area contributed by atoms with Crippen LogP contribution >= 0.6 is 11.8 Å². The summed E-state index contributed by atoms with van der Waals surface area (Å²) in [4.78, 5) is 5.11. The molecule has 2 heterocycles. The van der Waals surface area contributed by atoms with Crippen molar-refractivity contribution in [3.05, 3.63) is 59.7 Å². The van der Waals surface area contributed by atoms with Gasteiger partial charge < -0.3 is 4.74 Å². The van der Waals surface area contributed by atoms with Crippen LogP contribution in [-0.4, -0.2) is 60.7 Å². The molecule has 4 heteroatoms. The Kier molecular flexibility index (Phi) is 6.28. The molecule has 0 atom stereocenters. The molecule has 2 fully saturated rings. The number of benzene rings is 2. The number of morpholine rings is 1. The van der Waals surface area contributed by atoms with Crippen molar-refractivity contribution in [2.24, 2.45) is 0 Å². The molecule has 2 aromatic carbocycles. The Hall–Kier alpha value is -1.33. The van der Waals surface area contributed by atoms with Crippen molar-refractivity contribution in [3.8, 4) is 11.1 Å². The van der Waals surface area contributed by atoms with E-state index >= 15 is 0 Å².